The number of quaternary nitrogens is 1. The molecule has 4 amide bonds. The van der Waals surface area contributed by atoms with Crippen LogP contribution in [0.25, 0.3) is 0 Å². The van der Waals surface area contributed by atoms with E-state index in [1.54, 1.807) is 23.1 Å². The maximum absolute atomic E-state index is 14.0. The molecule has 0 aliphatic carbocycles. The van der Waals surface area contributed by atoms with Crippen molar-refractivity contribution in [2.24, 2.45) is 5.41 Å². The molecule has 0 radical (unpaired) electrons. The first-order valence-corrected chi connectivity index (χ1v) is 15.6. The minimum Gasteiger partial charge on any atom is -0.542 e. The van der Waals surface area contributed by atoms with Crippen molar-refractivity contribution in [1.29, 1.82) is 0 Å². The second-order valence-corrected chi connectivity index (χ2v) is 11.7. The highest BCUT2D eigenvalue weighted by atomic mass is 35.5. The number of likely N-dealkylation sites (tertiary alicyclic amines) is 1. The number of carbonyl (C=O) groups is 4. The van der Waals surface area contributed by atoms with Crippen LogP contribution in [0.4, 0.5) is 18.0 Å². The molecule has 0 saturated carbocycles. The number of alkyl halides is 3. The Labute approximate surface area is 276 Å². The summed E-state index contributed by atoms with van der Waals surface area (Å²) in [6.45, 7) is 4.49. The number of carbonyl (C=O) groups excluding carboxylic acids is 4. The number of halogens is 5. The van der Waals surface area contributed by atoms with E-state index in [4.69, 9.17) is 33.1 Å². The lowest BCUT2D eigenvalue weighted by Gasteiger charge is -2.43. The Morgan fingerprint density at radius 2 is 1.70 bits per heavy atom. The third-order valence-corrected chi connectivity index (χ3v) is 8.05. The van der Waals surface area contributed by atoms with Gasteiger partial charge in [-0.15, -0.1) is 0 Å². The van der Waals surface area contributed by atoms with Gasteiger partial charge in [0.05, 0.1) is 22.0 Å². The third-order valence-electron chi connectivity index (χ3n) is 7.31. The number of hydrogen-bond donors (Lipinski definition) is 4. The van der Waals surface area contributed by atoms with Crippen LogP contribution < -0.4 is 26.8 Å². The fourth-order valence-electron chi connectivity index (χ4n) is 5.10. The van der Waals surface area contributed by atoms with E-state index in [0.717, 1.165) is 30.5 Å². The Balaban J connectivity index is 0.000000942. The number of rotatable bonds is 12. The summed E-state index contributed by atoms with van der Waals surface area (Å²) in [6.07, 6.45) is -1.35. The summed E-state index contributed by atoms with van der Waals surface area (Å²) in [6, 6.07) is 13.8. The highest BCUT2D eigenvalue weighted by Crippen LogP contribution is 2.35. The van der Waals surface area contributed by atoms with Crippen LogP contribution in [0, 0.1) is 5.41 Å². The van der Waals surface area contributed by atoms with Crippen molar-refractivity contribution in [3.63, 3.8) is 0 Å². The summed E-state index contributed by atoms with van der Waals surface area (Å²) in [5.74, 6) is -3.29. The number of unbranched alkanes of at least 4 members (excludes halogenated alkanes) is 1. The van der Waals surface area contributed by atoms with Gasteiger partial charge in [-0.05, 0) is 62.3 Å². The molecule has 10 nitrogen and oxygen atoms in total. The highest BCUT2D eigenvalue weighted by Gasteiger charge is 2.44. The molecule has 1 aliphatic heterocycles. The molecule has 1 heterocycles. The SMILES string of the molecule is CCNC(=O)[C@]1(Cc2ccccc2)CCCN(C(=O)[C@@H](Cc2ccc(Cl)c(Cl)c2)NC(=O)NCCCC[NH3+])C1.O=C([O-])C(F)(F)F. The van der Waals surface area contributed by atoms with E-state index < -0.39 is 29.6 Å². The number of piperidine rings is 1. The van der Waals surface area contributed by atoms with Crippen LogP contribution >= 0.6 is 23.2 Å². The van der Waals surface area contributed by atoms with Gasteiger partial charge < -0.3 is 36.5 Å². The molecule has 0 spiro atoms. The maximum atomic E-state index is 14.0. The van der Waals surface area contributed by atoms with Gasteiger partial charge in [0.2, 0.25) is 11.8 Å². The Kier molecular flexibility index (Phi) is 15.6. The van der Waals surface area contributed by atoms with E-state index in [1.807, 2.05) is 37.3 Å². The van der Waals surface area contributed by atoms with Gasteiger partial charge in [-0.1, -0.05) is 59.6 Å². The van der Waals surface area contributed by atoms with E-state index in [0.29, 0.717) is 48.9 Å². The summed E-state index contributed by atoms with van der Waals surface area (Å²) >= 11 is 12.3. The number of hydrogen-bond acceptors (Lipinski definition) is 5. The van der Waals surface area contributed by atoms with Gasteiger partial charge in [0.1, 0.15) is 12.0 Å². The number of carboxylic acids is 1. The normalized spacial score (nSPS) is 16.8. The maximum Gasteiger partial charge on any atom is 0.430 e. The number of nitrogens with zero attached hydrogens (tertiary/aromatic N) is 1. The van der Waals surface area contributed by atoms with Crippen LogP contribution in [0.15, 0.2) is 48.5 Å². The van der Waals surface area contributed by atoms with Gasteiger partial charge >= 0.3 is 12.2 Å². The minimum atomic E-state index is -5.19. The Morgan fingerprint density at radius 1 is 1.02 bits per heavy atom. The molecule has 15 heteroatoms. The second kappa shape index (κ2) is 18.6. The lowest BCUT2D eigenvalue weighted by Crippen LogP contribution is -2.59. The van der Waals surface area contributed by atoms with Crippen molar-refractivity contribution in [3.05, 3.63) is 69.7 Å². The molecule has 2 atom stereocenters. The topological polar surface area (TPSA) is 158 Å². The first-order chi connectivity index (χ1) is 21.7. The summed E-state index contributed by atoms with van der Waals surface area (Å²) < 4.78 is 31.5. The number of carboxylic acid groups (broad SMARTS) is 1. The number of benzene rings is 2. The molecule has 1 saturated heterocycles. The largest absolute Gasteiger partial charge is 0.542 e. The zero-order valence-electron chi connectivity index (χ0n) is 25.6. The van der Waals surface area contributed by atoms with Gasteiger partial charge in [0.15, 0.2) is 0 Å². The zero-order chi connectivity index (χ0) is 34.3. The smallest absolute Gasteiger partial charge is 0.430 e. The van der Waals surface area contributed by atoms with Gasteiger partial charge in [0.25, 0.3) is 0 Å². The molecule has 254 valence electrons. The predicted molar refractivity (Wildman–Crippen MR) is 166 cm³/mol. The van der Waals surface area contributed by atoms with Crippen LogP contribution in [0.2, 0.25) is 10.0 Å². The molecule has 6 N–H and O–H groups in total. The van der Waals surface area contributed by atoms with Crippen molar-refractivity contribution >= 4 is 47.0 Å². The average molecular weight is 691 g/mol. The number of urea groups is 1. The predicted octanol–water partition coefficient (Wildman–Crippen LogP) is 2.51. The monoisotopic (exact) mass is 689 g/mol. The van der Waals surface area contributed by atoms with E-state index in [2.05, 4.69) is 21.7 Å². The molecule has 0 unspecified atom stereocenters. The van der Waals surface area contributed by atoms with Gasteiger partial charge in [0, 0.05) is 32.6 Å². The summed E-state index contributed by atoms with van der Waals surface area (Å²) in [5.41, 5.74) is 4.89. The van der Waals surface area contributed by atoms with Crippen LogP contribution in [0.3, 0.4) is 0 Å². The van der Waals surface area contributed by atoms with E-state index in [1.165, 1.54) is 0 Å². The molecule has 46 heavy (non-hydrogen) atoms. The molecule has 1 aliphatic rings. The van der Waals surface area contributed by atoms with Gasteiger partial charge in [-0.2, -0.15) is 13.2 Å². The van der Waals surface area contributed by atoms with Crippen molar-refractivity contribution in [2.75, 3.05) is 32.7 Å². The molecular weight excluding hydrogens is 650 g/mol. The Morgan fingerprint density at radius 3 is 2.28 bits per heavy atom. The first kappa shape index (κ1) is 38.6. The molecular formula is C31H40Cl2F3N5O5. The Bertz CT molecular complexity index is 1320. The molecule has 0 bridgehead atoms. The second-order valence-electron chi connectivity index (χ2n) is 10.9. The highest BCUT2D eigenvalue weighted by molar-refractivity contribution is 6.42. The standard InChI is InChI=1S/C29H39Cl2N5O3.C2HF3O2/c1-2-33-27(38)29(19-21-9-4-3-5-10-21)13-8-16-36(20-29)26(37)25(35-28(39)34-15-7-6-14-32)18-22-11-12-23(30)24(31)17-22;3-2(4,5)1(6)7/h3-5,9-12,17,25H,2,6-8,13-16,18-20,32H2,1H3,(H,33,38)(H2,34,35,39);(H,6,7)/t25-,29+;/m1./s1. The fraction of sp³-hybridized carbons (Fsp3) is 0.484. The van der Waals surface area contributed by atoms with Gasteiger partial charge in [-0.25, -0.2) is 4.79 Å². The van der Waals surface area contributed by atoms with Crippen molar-refractivity contribution < 1.29 is 43.2 Å². The van der Waals surface area contributed by atoms with Crippen LogP contribution in [0.5, 0.6) is 0 Å². The van der Waals surface area contributed by atoms with E-state index in [9.17, 15) is 27.6 Å². The summed E-state index contributed by atoms with van der Waals surface area (Å²) in [7, 11) is 0. The van der Waals surface area contributed by atoms with Crippen molar-refractivity contribution in [3.8, 4) is 0 Å². The van der Waals surface area contributed by atoms with Crippen molar-refractivity contribution in [2.45, 2.75) is 57.7 Å². The number of amides is 4. The average Bonchev–Trinajstić information content (AvgIpc) is 3.01. The van der Waals surface area contributed by atoms with Crippen LogP contribution in [-0.2, 0) is 27.2 Å². The van der Waals surface area contributed by atoms with E-state index in [-0.39, 0.29) is 24.8 Å². The first-order valence-electron chi connectivity index (χ1n) is 14.9. The number of aliphatic carboxylic acids is 1. The van der Waals surface area contributed by atoms with Crippen LogP contribution in [-0.4, -0.2) is 73.7 Å². The fourth-order valence-corrected chi connectivity index (χ4v) is 5.42. The minimum absolute atomic E-state index is 0.0523. The molecule has 3 rings (SSSR count). The number of nitrogens with one attached hydrogen (secondary N) is 3. The van der Waals surface area contributed by atoms with Gasteiger partial charge in [-0.3, -0.25) is 9.59 Å². The molecule has 0 aromatic heterocycles. The summed E-state index contributed by atoms with van der Waals surface area (Å²) in [4.78, 5) is 50.7. The molecule has 2 aromatic carbocycles. The molecule has 1 fully saturated rings. The van der Waals surface area contributed by atoms with Crippen LogP contribution in [0.1, 0.15) is 43.7 Å². The third kappa shape index (κ3) is 12.3. The summed E-state index contributed by atoms with van der Waals surface area (Å²) in [5, 5.41) is 18.3. The Hall–Kier alpha value is -3.55. The van der Waals surface area contributed by atoms with Crippen molar-refractivity contribution in [1.82, 2.24) is 20.9 Å². The zero-order valence-corrected chi connectivity index (χ0v) is 27.1. The lowest BCUT2D eigenvalue weighted by molar-refractivity contribution is -0.368. The van der Waals surface area contributed by atoms with E-state index >= 15 is 0 Å². The molecule has 2 aromatic rings. The lowest BCUT2D eigenvalue weighted by atomic mass is 9.74. The quantitative estimate of drug-likeness (QED) is 0.252.